The minimum Gasteiger partial charge on any atom is -0.478 e. The van der Waals surface area contributed by atoms with Crippen molar-refractivity contribution in [3.63, 3.8) is 0 Å². The van der Waals surface area contributed by atoms with Gasteiger partial charge in [-0.1, -0.05) is 29.8 Å². The number of anilines is 1. The van der Waals surface area contributed by atoms with Crippen LogP contribution in [0.15, 0.2) is 53.4 Å². The van der Waals surface area contributed by atoms with E-state index in [0.29, 0.717) is 11.3 Å². The first kappa shape index (κ1) is 18.4. The van der Waals surface area contributed by atoms with Crippen molar-refractivity contribution in [3.8, 4) is 0 Å². The molecule has 2 saturated carbocycles. The van der Waals surface area contributed by atoms with Gasteiger partial charge in [-0.3, -0.25) is 14.5 Å². The van der Waals surface area contributed by atoms with Gasteiger partial charge in [0, 0.05) is 10.1 Å². The normalized spacial score (nSPS) is 30.1. The highest BCUT2D eigenvalue weighted by Crippen LogP contribution is 2.60. The zero-order valence-corrected chi connectivity index (χ0v) is 16.8. The van der Waals surface area contributed by atoms with Crippen LogP contribution in [0.3, 0.4) is 0 Å². The molecule has 1 N–H and O–H groups in total. The highest BCUT2D eigenvalue weighted by molar-refractivity contribution is 8.00. The number of hydrogen-bond acceptors (Lipinski definition) is 4. The van der Waals surface area contributed by atoms with Gasteiger partial charge in [-0.05, 0) is 55.9 Å². The molecule has 5 atom stereocenters. The summed E-state index contributed by atoms with van der Waals surface area (Å²) in [5.74, 6) is -1.28. The molecule has 3 aliphatic rings. The van der Waals surface area contributed by atoms with Crippen molar-refractivity contribution < 1.29 is 19.5 Å². The van der Waals surface area contributed by atoms with E-state index in [1.54, 1.807) is 23.9 Å². The third-order valence-corrected chi connectivity index (χ3v) is 8.10. The topological polar surface area (TPSA) is 74.7 Å². The fourth-order valence-corrected chi connectivity index (χ4v) is 6.96. The van der Waals surface area contributed by atoms with Crippen molar-refractivity contribution in [2.45, 2.75) is 29.9 Å². The fraction of sp³-hybridized carbons (Fsp3) is 0.348. The summed E-state index contributed by atoms with van der Waals surface area (Å²) in [6.07, 6.45) is 1.73. The Hall–Kier alpha value is -2.60. The Bertz CT molecular complexity index is 1020. The number of nitrogens with zero attached hydrogens (tertiary/aromatic N) is 1. The van der Waals surface area contributed by atoms with Crippen LogP contribution < -0.4 is 4.90 Å². The molecule has 1 heterocycles. The molecule has 148 valence electrons. The molecule has 6 heteroatoms. The molecule has 0 spiro atoms. The molecule has 0 unspecified atom stereocenters. The summed E-state index contributed by atoms with van der Waals surface area (Å²) < 4.78 is 0. The smallest absolute Gasteiger partial charge is 0.336 e. The molecule has 5 rings (SSSR count). The predicted octanol–water partition coefficient (Wildman–Crippen LogP) is 4.00. The third kappa shape index (κ3) is 2.81. The number of aromatic carboxylic acids is 1. The Morgan fingerprint density at radius 2 is 1.69 bits per heavy atom. The minimum absolute atomic E-state index is 0.0641. The molecule has 1 aliphatic heterocycles. The van der Waals surface area contributed by atoms with Crippen molar-refractivity contribution >= 4 is 35.2 Å². The number of carboxylic acids is 1. The Morgan fingerprint density at radius 3 is 2.41 bits per heavy atom. The maximum Gasteiger partial charge on any atom is 0.336 e. The van der Waals surface area contributed by atoms with Crippen molar-refractivity contribution in [2.75, 3.05) is 4.90 Å². The van der Waals surface area contributed by atoms with Crippen LogP contribution in [0.25, 0.3) is 0 Å². The van der Waals surface area contributed by atoms with Gasteiger partial charge in [0.15, 0.2) is 0 Å². The van der Waals surface area contributed by atoms with Gasteiger partial charge in [0.1, 0.15) is 0 Å². The molecule has 2 amide bonds. The molecule has 2 aliphatic carbocycles. The van der Waals surface area contributed by atoms with E-state index in [9.17, 15) is 19.5 Å². The summed E-state index contributed by atoms with van der Waals surface area (Å²) in [7, 11) is 0. The molecule has 2 aromatic carbocycles. The second-order valence-corrected chi connectivity index (χ2v) is 9.53. The number of hydrogen-bond donors (Lipinski definition) is 1. The lowest BCUT2D eigenvalue weighted by molar-refractivity contribution is -0.123. The lowest BCUT2D eigenvalue weighted by atomic mass is 9.81. The van der Waals surface area contributed by atoms with Gasteiger partial charge >= 0.3 is 5.97 Å². The monoisotopic (exact) mass is 407 g/mol. The maximum atomic E-state index is 13.2. The molecular formula is C23H21NO4S. The first-order valence-corrected chi connectivity index (χ1v) is 10.8. The van der Waals surface area contributed by atoms with E-state index in [0.717, 1.165) is 23.3 Å². The number of thioether (sulfide) groups is 1. The number of rotatable bonds is 4. The number of benzene rings is 2. The Morgan fingerprint density at radius 1 is 1.00 bits per heavy atom. The maximum absolute atomic E-state index is 13.2. The van der Waals surface area contributed by atoms with Gasteiger partial charge in [-0.2, -0.15) is 0 Å². The van der Waals surface area contributed by atoms with Crippen molar-refractivity contribution in [2.24, 2.45) is 23.7 Å². The van der Waals surface area contributed by atoms with Gasteiger partial charge in [0.05, 0.1) is 23.1 Å². The number of imide groups is 1. The van der Waals surface area contributed by atoms with Crippen LogP contribution in [0.5, 0.6) is 0 Å². The van der Waals surface area contributed by atoms with Crippen LogP contribution in [-0.2, 0) is 9.59 Å². The van der Waals surface area contributed by atoms with Gasteiger partial charge < -0.3 is 5.11 Å². The van der Waals surface area contributed by atoms with E-state index in [2.05, 4.69) is 0 Å². The van der Waals surface area contributed by atoms with Crippen molar-refractivity contribution in [3.05, 3.63) is 59.7 Å². The van der Waals surface area contributed by atoms with Gasteiger partial charge in [0.2, 0.25) is 11.8 Å². The van der Waals surface area contributed by atoms with Gasteiger partial charge in [0.25, 0.3) is 0 Å². The van der Waals surface area contributed by atoms with Crippen LogP contribution in [0, 0.1) is 30.6 Å². The van der Waals surface area contributed by atoms with Gasteiger partial charge in [-0.25, -0.2) is 4.79 Å². The quantitative estimate of drug-likeness (QED) is 0.776. The molecule has 1 saturated heterocycles. The highest BCUT2D eigenvalue weighted by atomic mass is 32.2. The second kappa shape index (κ2) is 6.73. The van der Waals surface area contributed by atoms with Crippen molar-refractivity contribution in [1.29, 1.82) is 0 Å². The number of carboxylic acid groups (broad SMARTS) is 1. The summed E-state index contributed by atoms with van der Waals surface area (Å²) in [5, 5.41) is 9.62. The van der Waals surface area contributed by atoms with Crippen molar-refractivity contribution in [1.82, 2.24) is 0 Å². The molecular weight excluding hydrogens is 386 g/mol. The van der Waals surface area contributed by atoms with Crippen LogP contribution >= 0.6 is 11.8 Å². The summed E-state index contributed by atoms with van der Waals surface area (Å²) in [5.41, 5.74) is 2.04. The molecule has 2 aromatic rings. The summed E-state index contributed by atoms with van der Waals surface area (Å²) >= 11 is 1.56. The van der Waals surface area contributed by atoms with E-state index in [1.807, 2.05) is 43.3 Å². The zero-order valence-electron chi connectivity index (χ0n) is 15.9. The summed E-state index contributed by atoms with van der Waals surface area (Å²) in [6, 6.07) is 14.5. The predicted molar refractivity (Wildman–Crippen MR) is 110 cm³/mol. The highest BCUT2D eigenvalue weighted by Gasteiger charge is 2.64. The van der Waals surface area contributed by atoms with Gasteiger partial charge in [-0.15, -0.1) is 11.8 Å². The number of carbonyl (C=O) groups excluding carboxylic acids is 2. The van der Waals surface area contributed by atoms with Crippen LogP contribution in [0.2, 0.25) is 0 Å². The molecule has 29 heavy (non-hydrogen) atoms. The largest absolute Gasteiger partial charge is 0.478 e. The first-order chi connectivity index (χ1) is 14.0. The zero-order chi connectivity index (χ0) is 20.3. The molecule has 2 bridgehead atoms. The summed E-state index contributed by atoms with van der Waals surface area (Å²) in [6.45, 7) is 1.98. The molecule has 3 fully saturated rings. The Labute approximate surface area is 173 Å². The summed E-state index contributed by atoms with van der Waals surface area (Å²) in [4.78, 5) is 40.0. The van der Waals surface area contributed by atoms with Crippen LogP contribution in [0.4, 0.5) is 5.69 Å². The van der Waals surface area contributed by atoms with E-state index >= 15 is 0 Å². The lowest BCUT2D eigenvalue weighted by Crippen LogP contribution is -2.33. The lowest BCUT2D eigenvalue weighted by Gasteiger charge is -2.28. The fourth-order valence-electron chi connectivity index (χ4n) is 5.39. The minimum atomic E-state index is -0.938. The molecule has 0 radical (unpaired) electrons. The Kier molecular flexibility index (Phi) is 4.28. The standard InChI is InChI=1S/C23H21NO4S/c1-12-6-8-14(9-7-12)24-21(25)19-13-10-16(20(19)22(24)26)18(11-13)29-17-5-3-2-4-15(17)23(27)28/h2-9,13,16,18-20H,10-11H2,1H3,(H,27,28)/t13-,16-,18-,19-,20-/m1/s1. The van der Waals surface area contributed by atoms with E-state index < -0.39 is 5.97 Å². The van der Waals surface area contributed by atoms with Crippen LogP contribution in [0.1, 0.15) is 28.8 Å². The number of fused-ring (bicyclic) bond motifs is 5. The van der Waals surface area contributed by atoms with E-state index in [4.69, 9.17) is 0 Å². The average molecular weight is 407 g/mol. The van der Waals surface area contributed by atoms with Crippen LogP contribution in [-0.4, -0.2) is 28.1 Å². The van der Waals surface area contributed by atoms with E-state index in [1.165, 1.54) is 4.90 Å². The second-order valence-electron chi connectivity index (χ2n) is 8.25. The first-order valence-electron chi connectivity index (χ1n) is 9.89. The number of carbonyl (C=O) groups is 3. The Balaban J connectivity index is 1.41. The number of aryl methyl sites for hydroxylation is 1. The van der Waals surface area contributed by atoms with E-state index in [-0.39, 0.29) is 40.7 Å². The third-order valence-electron chi connectivity index (χ3n) is 6.64. The molecule has 5 nitrogen and oxygen atoms in total. The SMILES string of the molecule is Cc1ccc(N2C(=O)[C@@H]3[C@@H]4C[C@@H]([C@H]3C2=O)[C@H](Sc2ccccc2C(=O)O)C4)cc1. The average Bonchev–Trinajstić information content (AvgIpc) is 3.34. The number of amides is 2. The molecule has 0 aromatic heterocycles.